The fraction of sp³-hybridized carbons (Fsp3) is 0.300. The van der Waals surface area contributed by atoms with E-state index in [-0.39, 0.29) is 12.7 Å². The second kappa shape index (κ2) is 6.92. The van der Waals surface area contributed by atoms with Crippen LogP contribution in [0.2, 0.25) is 0 Å². The maximum atomic E-state index is 12.0. The number of nitrogens with one attached hydrogen (secondary N) is 1. The van der Waals surface area contributed by atoms with Gasteiger partial charge in [0.2, 0.25) is 0 Å². The summed E-state index contributed by atoms with van der Waals surface area (Å²) < 4.78 is 6.99. The van der Waals surface area contributed by atoms with E-state index >= 15 is 0 Å². The third-order valence-corrected chi connectivity index (χ3v) is 4.99. The highest BCUT2D eigenvalue weighted by Crippen LogP contribution is 2.28. The largest absolute Gasteiger partial charge is 0.447 e. The summed E-state index contributed by atoms with van der Waals surface area (Å²) in [5.41, 5.74) is 6.25. The zero-order valence-electron chi connectivity index (χ0n) is 15.4. The minimum Gasteiger partial charge on any atom is -0.447 e. The van der Waals surface area contributed by atoms with Gasteiger partial charge in [0, 0.05) is 12.7 Å². The molecule has 140 valence electrons. The van der Waals surface area contributed by atoms with E-state index in [9.17, 15) is 9.90 Å². The first-order valence-corrected chi connectivity index (χ1v) is 8.94. The highest BCUT2D eigenvalue weighted by Gasteiger charge is 2.26. The first-order chi connectivity index (χ1) is 13.1. The fourth-order valence-electron chi connectivity index (χ4n) is 3.52. The van der Waals surface area contributed by atoms with Gasteiger partial charge in [0.15, 0.2) is 5.65 Å². The number of carbonyl (C=O) groups is 1. The van der Waals surface area contributed by atoms with Crippen molar-refractivity contribution < 1.29 is 14.6 Å². The Morgan fingerprint density at radius 3 is 2.85 bits per heavy atom. The Kier molecular flexibility index (Phi) is 4.45. The Morgan fingerprint density at radius 2 is 2.11 bits per heavy atom. The van der Waals surface area contributed by atoms with Crippen LogP contribution in [0.5, 0.6) is 0 Å². The summed E-state index contributed by atoms with van der Waals surface area (Å²) in [6.45, 7) is 5.38. The normalized spacial score (nSPS) is 14.0. The van der Waals surface area contributed by atoms with Crippen molar-refractivity contribution in [2.75, 3.05) is 23.4 Å². The lowest BCUT2D eigenvalue weighted by Gasteiger charge is -2.20. The van der Waals surface area contributed by atoms with Crippen LogP contribution in [-0.4, -0.2) is 33.7 Å². The van der Waals surface area contributed by atoms with Gasteiger partial charge in [-0.1, -0.05) is 12.1 Å². The van der Waals surface area contributed by atoms with Gasteiger partial charge in [0.1, 0.15) is 6.61 Å². The number of imidazole rings is 1. The number of ether oxygens (including phenoxy) is 1. The Hall–Kier alpha value is -3.06. The van der Waals surface area contributed by atoms with E-state index < -0.39 is 0 Å². The predicted molar refractivity (Wildman–Crippen MR) is 103 cm³/mol. The van der Waals surface area contributed by atoms with Crippen molar-refractivity contribution in [2.24, 2.45) is 0 Å². The first-order valence-electron chi connectivity index (χ1n) is 8.94. The van der Waals surface area contributed by atoms with Gasteiger partial charge < -0.3 is 15.2 Å². The second-order valence-electron chi connectivity index (χ2n) is 6.61. The molecule has 7 heteroatoms. The van der Waals surface area contributed by atoms with Crippen LogP contribution in [0.15, 0.2) is 36.5 Å². The number of hydrogen-bond donors (Lipinski definition) is 2. The summed E-state index contributed by atoms with van der Waals surface area (Å²) in [5.74, 6) is 0. The summed E-state index contributed by atoms with van der Waals surface area (Å²) >= 11 is 0. The van der Waals surface area contributed by atoms with Crippen molar-refractivity contribution in [2.45, 2.75) is 27.0 Å². The van der Waals surface area contributed by atoms with Crippen molar-refractivity contribution >= 4 is 23.1 Å². The minimum absolute atomic E-state index is 0.0601. The number of aryl methyl sites for hydroxylation is 2. The summed E-state index contributed by atoms with van der Waals surface area (Å²) in [5, 5.41) is 13.0. The zero-order chi connectivity index (χ0) is 19.0. The van der Waals surface area contributed by atoms with E-state index in [1.165, 1.54) is 0 Å². The number of anilines is 2. The lowest BCUT2D eigenvalue weighted by Crippen LogP contribution is -2.25. The number of fused-ring (bicyclic) bond motifs is 1. The van der Waals surface area contributed by atoms with Crippen LogP contribution in [-0.2, 0) is 17.9 Å². The van der Waals surface area contributed by atoms with Crippen LogP contribution < -0.4 is 10.2 Å². The van der Waals surface area contributed by atoms with Gasteiger partial charge >= 0.3 is 6.09 Å². The summed E-state index contributed by atoms with van der Waals surface area (Å²) in [7, 11) is 0. The number of aliphatic hydroxyl groups excluding tert-OH is 1. The lowest BCUT2D eigenvalue weighted by atomic mass is 10.1. The number of aliphatic hydroxyl groups is 1. The van der Waals surface area contributed by atoms with Crippen molar-refractivity contribution in [3.05, 3.63) is 59.0 Å². The van der Waals surface area contributed by atoms with E-state index in [0.717, 1.165) is 39.5 Å². The molecule has 0 atom stereocenters. The molecule has 0 saturated carbocycles. The summed E-state index contributed by atoms with van der Waals surface area (Å²) in [6, 6.07) is 9.82. The molecule has 1 amide bonds. The number of pyridine rings is 1. The van der Waals surface area contributed by atoms with Crippen molar-refractivity contribution in [1.29, 1.82) is 0 Å². The van der Waals surface area contributed by atoms with Crippen LogP contribution in [0.25, 0.3) is 5.65 Å². The van der Waals surface area contributed by atoms with Gasteiger partial charge in [-0.05, 0) is 43.2 Å². The standard InChI is InChI=1S/C20H22N4O3/c1-13-5-3-7-17(24-9-10-27-20(24)26)15(13)11-21-16-6-4-8-23-18(12-25)14(2)22-19(16)23/h3-8,21,25H,9-12H2,1-2H3. The Balaban J connectivity index is 1.67. The molecule has 2 N–H and O–H groups in total. The summed E-state index contributed by atoms with van der Waals surface area (Å²) in [4.78, 5) is 18.3. The van der Waals surface area contributed by atoms with Crippen LogP contribution in [0.3, 0.4) is 0 Å². The number of nitrogens with zero attached hydrogens (tertiary/aromatic N) is 3. The average Bonchev–Trinajstić information content (AvgIpc) is 3.22. The van der Waals surface area contributed by atoms with Crippen molar-refractivity contribution in [3.8, 4) is 0 Å². The van der Waals surface area contributed by atoms with Gasteiger partial charge in [0.05, 0.1) is 35.9 Å². The Morgan fingerprint density at radius 1 is 1.26 bits per heavy atom. The van der Waals surface area contributed by atoms with E-state index in [0.29, 0.717) is 19.7 Å². The third-order valence-electron chi connectivity index (χ3n) is 4.99. The predicted octanol–water partition coefficient (Wildman–Crippen LogP) is 3.01. The highest BCUT2D eigenvalue weighted by atomic mass is 16.6. The second-order valence-corrected chi connectivity index (χ2v) is 6.61. The number of carbonyl (C=O) groups excluding carboxylic acids is 1. The van der Waals surface area contributed by atoms with Gasteiger partial charge in [-0.15, -0.1) is 0 Å². The Bertz CT molecular complexity index is 1010. The molecule has 3 heterocycles. The molecular formula is C20H22N4O3. The molecule has 27 heavy (non-hydrogen) atoms. The van der Waals surface area contributed by atoms with Gasteiger partial charge in [-0.3, -0.25) is 9.30 Å². The van der Waals surface area contributed by atoms with Gasteiger partial charge in [-0.2, -0.15) is 0 Å². The van der Waals surface area contributed by atoms with Gasteiger partial charge in [0.25, 0.3) is 0 Å². The van der Waals surface area contributed by atoms with E-state index in [4.69, 9.17) is 4.74 Å². The quantitative estimate of drug-likeness (QED) is 0.726. The number of rotatable bonds is 5. The molecule has 0 spiro atoms. The topological polar surface area (TPSA) is 79.1 Å². The third kappa shape index (κ3) is 3.00. The maximum Gasteiger partial charge on any atom is 0.414 e. The fourth-order valence-corrected chi connectivity index (χ4v) is 3.52. The van der Waals surface area contributed by atoms with E-state index in [2.05, 4.69) is 10.3 Å². The molecule has 0 unspecified atom stereocenters. The molecule has 1 aliphatic rings. The molecule has 0 radical (unpaired) electrons. The van der Waals surface area contributed by atoms with Crippen LogP contribution in [0.1, 0.15) is 22.5 Å². The summed E-state index contributed by atoms with van der Waals surface area (Å²) in [6.07, 6.45) is 1.59. The number of hydrogen-bond acceptors (Lipinski definition) is 5. The number of cyclic esters (lactones) is 1. The minimum atomic E-state index is -0.305. The smallest absolute Gasteiger partial charge is 0.414 e. The van der Waals surface area contributed by atoms with E-state index in [1.54, 1.807) is 4.90 Å². The maximum absolute atomic E-state index is 12.0. The number of aromatic nitrogens is 2. The van der Waals surface area contributed by atoms with Crippen LogP contribution in [0, 0.1) is 13.8 Å². The molecular weight excluding hydrogens is 344 g/mol. The van der Waals surface area contributed by atoms with Crippen LogP contribution >= 0.6 is 0 Å². The molecule has 2 aromatic heterocycles. The lowest BCUT2D eigenvalue weighted by molar-refractivity contribution is 0.181. The Labute approximate surface area is 157 Å². The highest BCUT2D eigenvalue weighted by molar-refractivity contribution is 5.90. The molecule has 1 saturated heterocycles. The van der Waals surface area contributed by atoms with Crippen molar-refractivity contribution in [3.63, 3.8) is 0 Å². The SMILES string of the molecule is Cc1cccc(N2CCOC2=O)c1CNc1cccn2c(CO)c(C)nc12. The average molecular weight is 366 g/mol. The number of benzene rings is 1. The van der Waals surface area contributed by atoms with Crippen LogP contribution in [0.4, 0.5) is 16.2 Å². The molecule has 0 bridgehead atoms. The zero-order valence-corrected chi connectivity index (χ0v) is 15.4. The first kappa shape index (κ1) is 17.4. The van der Waals surface area contributed by atoms with Crippen molar-refractivity contribution in [1.82, 2.24) is 9.38 Å². The van der Waals surface area contributed by atoms with Gasteiger partial charge in [-0.25, -0.2) is 9.78 Å². The molecule has 4 rings (SSSR count). The molecule has 3 aromatic rings. The van der Waals surface area contributed by atoms with E-state index in [1.807, 2.05) is 54.8 Å². The molecule has 1 aliphatic heterocycles. The monoisotopic (exact) mass is 366 g/mol. The molecule has 1 fully saturated rings. The molecule has 0 aliphatic carbocycles. The molecule has 1 aromatic carbocycles. The molecule has 7 nitrogen and oxygen atoms in total. The number of amides is 1.